The Labute approximate surface area is 112 Å². The van der Waals surface area contributed by atoms with Crippen molar-refractivity contribution >= 4 is 23.4 Å². The van der Waals surface area contributed by atoms with Crippen LogP contribution in [-0.4, -0.2) is 19.9 Å². The fraction of sp³-hybridized carbons (Fsp3) is 0.538. The molecule has 0 aliphatic carbocycles. The van der Waals surface area contributed by atoms with Crippen molar-refractivity contribution in [3.8, 4) is 5.75 Å². The van der Waals surface area contributed by atoms with Gasteiger partial charge in [-0.1, -0.05) is 11.6 Å². The van der Waals surface area contributed by atoms with Crippen LogP contribution < -0.4 is 10.1 Å². The van der Waals surface area contributed by atoms with Crippen LogP contribution in [0.15, 0.2) is 17.0 Å². The molecule has 0 radical (unpaired) electrons. The van der Waals surface area contributed by atoms with E-state index >= 15 is 0 Å². The molecule has 1 aromatic rings. The number of methoxy groups -OCH3 is 1. The fourth-order valence-corrected chi connectivity index (χ4v) is 3.35. The molecule has 4 heteroatoms. The second-order valence-corrected chi connectivity index (χ2v) is 5.81. The van der Waals surface area contributed by atoms with Crippen molar-refractivity contribution in [1.82, 2.24) is 5.32 Å². The average Bonchev–Trinajstić information content (AvgIpc) is 2.76. The summed E-state index contributed by atoms with van der Waals surface area (Å²) in [6.07, 6.45) is 4.42. The molecular formula is C13H18ClNOS. The van der Waals surface area contributed by atoms with Gasteiger partial charge >= 0.3 is 0 Å². The number of rotatable bonds is 3. The summed E-state index contributed by atoms with van der Waals surface area (Å²) in [5.41, 5.74) is 1.31. The molecule has 0 bridgehead atoms. The van der Waals surface area contributed by atoms with Gasteiger partial charge in [0.2, 0.25) is 0 Å². The Morgan fingerprint density at radius 3 is 2.76 bits per heavy atom. The summed E-state index contributed by atoms with van der Waals surface area (Å²) in [6, 6.07) is 4.21. The van der Waals surface area contributed by atoms with Crippen molar-refractivity contribution in [3.05, 3.63) is 22.7 Å². The third-order valence-corrected chi connectivity index (χ3v) is 4.46. The average molecular weight is 272 g/mol. The summed E-state index contributed by atoms with van der Waals surface area (Å²) in [5, 5.41) is 4.25. The molecule has 0 amide bonds. The van der Waals surface area contributed by atoms with Crippen LogP contribution in [0.1, 0.15) is 25.3 Å². The summed E-state index contributed by atoms with van der Waals surface area (Å²) < 4.78 is 5.34. The van der Waals surface area contributed by atoms with Crippen LogP contribution in [0.25, 0.3) is 0 Å². The minimum Gasteiger partial charge on any atom is -0.494 e. The topological polar surface area (TPSA) is 21.3 Å². The summed E-state index contributed by atoms with van der Waals surface area (Å²) in [5.74, 6) is 0.782. The predicted octanol–water partition coefficient (Wildman–Crippen LogP) is 3.67. The zero-order chi connectivity index (χ0) is 12.5. The number of thioether (sulfide) groups is 1. The normalized spacial score (nSPS) is 24.0. The lowest BCUT2D eigenvalue weighted by atomic mass is 9.90. The van der Waals surface area contributed by atoms with Crippen LogP contribution in [0.4, 0.5) is 0 Å². The summed E-state index contributed by atoms with van der Waals surface area (Å²) in [7, 11) is 1.66. The van der Waals surface area contributed by atoms with E-state index in [4.69, 9.17) is 16.3 Å². The number of ether oxygens (including phenoxy) is 1. The van der Waals surface area contributed by atoms with Crippen LogP contribution in [0, 0.1) is 0 Å². The maximum atomic E-state index is 6.29. The van der Waals surface area contributed by atoms with E-state index in [1.165, 1.54) is 12.0 Å². The first-order valence-electron chi connectivity index (χ1n) is 5.78. The van der Waals surface area contributed by atoms with Gasteiger partial charge in [-0.05, 0) is 50.3 Å². The maximum absolute atomic E-state index is 6.29. The molecule has 1 saturated heterocycles. The summed E-state index contributed by atoms with van der Waals surface area (Å²) >= 11 is 7.96. The lowest BCUT2D eigenvalue weighted by Crippen LogP contribution is -2.33. The van der Waals surface area contributed by atoms with E-state index in [0.29, 0.717) is 5.02 Å². The Balaban J connectivity index is 2.46. The summed E-state index contributed by atoms with van der Waals surface area (Å²) in [6.45, 7) is 3.32. The Hall–Kier alpha value is -0.380. The van der Waals surface area contributed by atoms with E-state index in [1.807, 2.05) is 12.3 Å². The zero-order valence-electron chi connectivity index (χ0n) is 10.5. The second kappa shape index (κ2) is 5.09. The van der Waals surface area contributed by atoms with Gasteiger partial charge in [-0.25, -0.2) is 0 Å². The quantitative estimate of drug-likeness (QED) is 0.848. The van der Waals surface area contributed by atoms with Gasteiger partial charge in [-0.3, -0.25) is 0 Å². The molecule has 17 heavy (non-hydrogen) atoms. The molecule has 0 aromatic heterocycles. The van der Waals surface area contributed by atoms with Gasteiger partial charge in [0.1, 0.15) is 0 Å². The Morgan fingerprint density at radius 1 is 1.47 bits per heavy atom. The van der Waals surface area contributed by atoms with Gasteiger partial charge in [0, 0.05) is 5.54 Å². The molecule has 2 nitrogen and oxygen atoms in total. The van der Waals surface area contributed by atoms with E-state index in [1.54, 1.807) is 18.9 Å². The molecule has 0 spiro atoms. The highest BCUT2D eigenvalue weighted by Gasteiger charge is 2.31. The number of hydrogen-bond acceptors (Lipinski definition) is 3. The molecular weight excluding hydrogens is 254 g/mol. The smallest absolute Gasteiger partial charge is 0.150 e. The largest absolute Gasteiger partial charge is 0.494 e. The van der Waals surface area contributed by atoms with Crippen LogP contribution in [0.5, 0.6) is 5.75 Å². The minimum atomic E-state index is 0.0559. The molecule has 94 valence electrons. The monoisotopic (exact) mass is 271 g/mol. The van der Waals surface area contributed by atoms with Gasteiger partial charge in [0.05, 0.1) is 17.0 Å². The Kier molecular flexibility index (Phi) is 3.91. The molecule has 0 saturated carbocycles. The van der Waals surface area contributed by atoms with Crippen molar-refractivity contribution in [2.24, 2.45) is 0 Å². The third kappa shape index (κ3) is 2.42. The molecule has 1 aliphatic rings. The van der Waals surface area contributed by atoms with Crippen LogP contribution in [-0.2, 0) is 5.54 Å². The van der Waals surface area contributed by atoms with E-state index < -0.39 is 0 Å². The van der Waals surface area contributed by atoms with Crippen molar-refractivity contribution < 1.29 is 4.74 Å². The molecule has 1 fully saturated rings. The molecule has 1 aliphatic heterocycles. The Morgan fingerprint density at radius 2 is 2.24 bits per heavy atom. The van der Waals surface area contributed by atoms with Gasteiger partial charge in [-0.2, -0.15) is 0 Å². The van der Waals surface area contributed by atoms with E-state index in [9.17, 15) is 0 Å². The summed E-state index contributed by atoms with van der Waals surface area (Å²) in [4.78, 5) is 1.10. The van der Waals surface area contributed by atoms with Gasteiger partial charge in [-0.15, -0.1) is 11.8 Å². The predicted molar refractivity (Wildman–Crippen MR) is 74.4 cm³/mol. The highest BCUT2D eigenvalue weighted by atomic mass is 35.5. The molecule has 1 atom stereocenters. The molecule has 1 aromatic carbocycles. The van der Waals surface area contributed by atoms with Crippen LogP contribution in [0.3, 0.4) is 0 Å². The zero-order valence-corrected chi connectivity index (χ0v) is 12.0. The van der Waals surface area contributed by atoms with Gasteiger partial charge < -0.3 is 10.1 Å². The van der Waals surface area contributed by atoms with Crippen molar-refractivity contribution in [3.63, 3.8) is 0 Å². The molecule has 1 unspecified atom stereocenters. The van der Waals surface area contributed by atoms with E-state index in [-0.39, 0.29) is 5.54 Å². The standard InChI is InChI=1S/C13H18ClNOS/c1-13(5-4-6-15-13)9-7-10(14)12(16-2)11(8-9)17-3/h7-8,15H,4-6H2,1-3H3. The maximum Gasteiger partial charge on any atom is 0.150 e. The molecule has 1 heterocycles. The fourth-order valence-electron chi connectivity index (χ4n) is 2.38. The van der Waals surface area contributed by atoms with Gasteiger partial charge in [0.15, 0.2) is 5.75 Å². The first-order valence-corrected chi connectivity index (χ1v) is 7.38. The highest BCUT2D eigenvalue weighted by molar-refractivity contribution is 7.98. The lowest BCUT2D eigenvalue weighted by Gasteiger charge is -2.26. The SMILES string of the molecule is COc1c(Cl)cc(C2(C)CCCN2)cc1SC. The number of halogens is 1. The number of nitrogens with one attached hydrogen (secondary N) is 1. The first-order chi connectivity index (χ1) is 8.10. The number of hydrogen-bond donors (Lipinski definition) is 1. The minimum absolute atomic E-state index is 0.0559. The molecule has 2 rings (SSSR count). The number of benzene rings is 1. The van der Waals surface area contributed by atoms with Crippen molar-refractivity contribution in [1.29, 1.82) is 0 Å². The van der Waals surface area contributed by atoms with E-state index in [2.05, 4.69) is 18.3 Å². The first kappa shape index (κ1) is 13.1. The van der Waals surface area contributed by atoms with Crippen molar-refractivity contribution in [2.75, 3.05) is 19.9 Å². The van der Waals surface area contributed by atoms with E-state index in [0.717, 1.165) is 23.6 Å². The lowest BCUT2D eigenvalue weighted by molar-refractivity contribution is 0.400. The Bertz CT molecular complexity index is 416. The second-order valence-electron chi connectivity index (χ2n) is 4.56. The van der Waals surface area contributed by atoms with Crippen molar-refractivity contribution in [2.45, 2.75) is 30.2 Å². The van der Waals surface area contributed by atoms with Gasteiger partial charge in [0.25, 0.3) is 0 Å². The molecule has 1 N–H and O–H groups in total. The van der Waals surface area contributed by atoms with Crippen LogP contribution in [0.2, 0.25) is 5.02 Å². The highest BCUT2D eigenvalue weighted by Crippen LogP contribution is 2.40. The van der Waals surface area contributed by atoms with Crippen LogP contribution >= 0.6 is 23.4 Å². The third-order valence-electron chi connectivity index (χ3n) is 3.44.